The molecular weight excluding hydrogens is 645 g/mol. The molecule has 0 N–H and O–H groups in total. The van der Waals surface area contributed by atoms with Gasteiger partial charge in [0, 0.05) is 33.2 Å². The van der Waals surface area contributed by atoms with E-state index in [9.17, 15) is 0 Å². The topological polar surface area (TPSA) is 43.6 Å². The summed E-state index contributed by atoms with van der Waals surface area (Å²) in [6.45, 7) is 0. The third-order valence-electron chi connectivity index (χ3n) is 10.1. The second kappa shape index (κ2) is 12.9. The quantitative estimate of drug-likeness (QED) is 0.176. The minimum Gasteiger partial charge on any atom is -0.309 e. The molecule has 0 atom stereocenters. The Kier molecular flexibility index (Phi) is 7.43. The molecule has 2 heterocycles. The summed E-state index contributed by atoms with van der Waals surface area (Å²) >= 11 is 0. The van der Waals surface area contributed by atoms with Crippen LogP contribution in [0.15, 0.2) is 194 Å². The Hall–Kier alpha value is -7.17. The molecule has 53 heavy (non-hydrogen) atoms. The van der Waals surface area contributed by atoms with Crippen molar-refractivity contribution in [1.82, 2.24) is 19.5 Å². The monoisotopic (exact) mass is 676 g/mol. The molecular formula is C49H32N4. The number of aromatic nitrogens is 4. The van der Waals surface area contributed by atoms with Crippen molar-refractivity contribution < 1.29 is 0 Å². The SMILES string of the molecule is c1ccc(-c2nc(-c3ccccc3)nc(-c3ccc(-c4ccc(-c5ccc(-n6c7ccccc7c7c8ccccc8ccc76)cc5)cc4)cc3)n2)cc1. The maximum Gasteiger partial charge on any atom is 0.164 e. The molecule has 0 aliphatic heterocycles. The third kappa shape index (κ3) is 5.54. The summed E-state index contributed by atoms with van der Waals surface area (Å²) in [6, 6.07) is 68.2. The molecule has 0 fully saturated rings. The summed E-state index contributed by atoms with van der Waals surface area (Å²) in [7, 11) is 0. The largest absolute Gasteiger partial charge is 0.309 e. The maximum absolute atomic E-state index is 4.89. The van der Waals surface area contributed by atoms with Gasteiger partial charge in [-0.05, 0) is 57.3 Å². The normalized spacial score (nSPS) is 11.4. The summed E-state index contributed by atoms with van der Waals surface area (Å²) in [5.41, 5.74) is 11.1. The summed E-state index contributed by atoms with van der Waals surface area (Å²) in [5, 5.41) is 5.12. The van der Waals surface area contributed by atoms with Crippen LogP contribution in [0.4, 0.5) is 0 Å². The fraction of sp³-hybridized carbons (Fsp3) is 0. The van der Waals surface area contributed by atoms with Gasteiger partial charge in [-0.25, -0.2) is 15.0 Å². The van der Waals surface area contributed by atoms with E-state index in [1.165, 1.54) is 43.7 Å². The van der Waals surface area contributed by atoms with Gasteiger partial charge >= 0.3 is 0 Å². The molecule has 0 amide bonds. The van der Waals surface area contributed by atoms with Crippen LogP contribution in [-0.4, -0.2) is 19.5 Å². The first-order valence-corrected chi connectivity index (χ1v) is 17.9. The van der Waals surface area contributed by atoms with Gasteiger partial charge in [0.25, 0.3) is 0 Å². The molecule has 4 heteroatoms. The Bertz CT molecular complexity index is 2840. The highest BCUT2D eigenvalue weighted by atomic mass is 15.0. The van der Waals surface area contributed by atoms with Crippen LogP contribution in [-0.2, 0) is 0 Å². The predicted molar refractivity (Wildman–Crippen MR) is 219 cm³/mol. The zero-order valence-corrected chi connectivity index (χ0v) is 28.8. The van der Waals surface area contributed by atoms with Gasteiger partial charge in [-0.2, -0.15) is 0 Å². The van der Waals surface area contributed by atoms with E-state index in [1.54, 1.807) is 0 Å². The van der Waals surface area contributed by atoms with Crippen molar-refractivity contribution in [3.63, 3.8) is 0 Å². The van der Waals surface area contributed by atoms with Crippen LogP contribution >= 0.6 is 0 Å². The average Bonchev–Trinajstić information content (AvgIpc) is 3.59. The lowest BCUT2D eigenvalue weighted by Crippen LogP contribution is -2.00. The lowest BCUT2D eigenvalue weighted by molar-refractivity contribution is 1.07. The Morgan fingerprint density at radius 2 is 0.698 bits per heavy atom. The van der Waals surface area contributed by atoms with Gasteiger partial charge in [-0.1, -0.05) is 170 Å². The number of hydrogen-bond donors (Lipinski definition) is 0. The summed E-state index contributed by atoms with van der Waals surface area (Å²) in [4.78, 5) is 14.6. The average molecular weight is 677 g/mol. The fourth-order valence-electron chi connectivity index (χ4n) is 7.42. The molecule has 8 aromatic carbocycles. The molecule has 0 aliphatic rings. The molecule has 0 bridgehead atoms. The molecule has 0 saturated carbocycles. The minimum atomic E-state index is 0.650. The van der Waals surface area contributed by atoms with E-state index in [4.69, 9.17) is 15.0 Å². The Labute approximate surface area is 307 Å². The van der Waals surface area contributed by atoms with Gasteiger partial charge in [0.1, 0.15) is 0 Å². The van der Waals surface area contributed by atoms with Gasteiger partial charge < -0.3 is 4.57 Å². The standard InChI is InChI=1S/C49H32N4/c1-3-12-38(13-4-1)47-50-48(39-14-5-2-6-15-39)52-49(51-47)40-25-23-35(24-26-40)33-19-21-34(22-20-33)36-27-30-41(31-28-36)53-44-18-10-9-17-43(44)46-42-16-8-7-11-37(42)29-32-45(46)53/h1-32H. The molecule has 10 aromatic rings. The number of hydrogen-bond acceptors (Lipinski definition) is 3. The third-order valence-corrected chi connectivity index (χ3v) is 10.1. The van der Waals surface area contributed by atoms with E-state index in [0.29, 0.717) is 17.5 Å². The number of para-hydroxylation sites is 1. The Morgan fingerprint density at radius 1 is 0.283 bits per heavy atom. The second-order valence-corrected chi connectivity index (χ2v) is 13.3. The maximum atomic E-state index is 4.89. The lowest BCUT2D eigenvalue weighted by atomic mass is 9.99. The number of benzene rings is 8. The van der Waals surface area contributed by atoms with Crippen LogP contribution in [0, 0.1) is 0 Å². The van der Waals surface area contributed by atoms with Crippen molar-refractivity contribution in [1.29, 1.82) is 0 Å². The van der Waals surface area contributed by atoms with E-state index < -0.39 is 0 Å². The molecule has 0 radical (unpaired) electrons. The molecule has 0 aliphatic carbocycles. The van der Waals surface area contributed by atoms with Crippen LogP contribution in [0.25, 0.3) is 94.7 Å². The Morgan fingerprint density at radius 3 is 1.25 bits per heavy atom. The van der Waals surface area contributed by atoms with Gasteiger partial charge in [0.15, 0.2) is 17.5 Å². The summed E-state index contributed by atoms with van der Waals surface area (Å²) in [6.07, 6.45) is 0. The minimum absolute atomic E-state index is 0.650. The van der Waals surface area contributed by atoms with Crippen molar-refractivity contribution in [3.8, 4) is 62.1 Å². The van der Waals surface area contributed by atoms with E-state index in [1.807, 2.05) is 60.7 Å². The van der Waals surface area contributed by atoms with E-state index in [0.717, 1.165) is 33.5 Å². The van der Waals surface area contributed by atoms with Gasteiger partial charge in [0.2, 0.25) is 0 Å². The number of nitrogens with zero attached hydrogens (tertiary/aromatic N) is 4. The highest BCUT2D eigenvalue weighted by molar-refractivity contribution is 6.21. The first-order valence-electron chi connectivity index (χ1n) is 17.9. The highest BCUT2D eigenvalue weighted by Crippen LogP contribution is 2.37. The zero-order chi connectivity index (χ0) is 35.1. The second-order valence-electron chi connectivity index (χ2n) is 13.3. The fourth-order valence-corrected chi connectivity index (χ4v) is 7.42. The van der Waals surface area contributed by atoms with Crippen molar-refractivity contribution >= 4 is 32.6 Å². The lowest BCUT2D eigenvalue weighted by Gasteiger charge is -2.11. The van der Waals surface area contributed by atoms with E-state index >= 15 is 0 Å². The molecule has 0 unspecified atom stereocenters. The van der Waals surface area contributed by atoms with Gasteiger partial charge in [-0.15, -0.1) is 0 Å². The van der Waals surface area contributed by atoms with Crippen LogP contribution < -0.4 is 0 Å². The highest BCUT2D eigenvalue weighted by Gasteiger charge is 2.15. The van der Waals surface area contributed by atoms with Crippen LogP contribution in [0.5, 0.6) is 0 Å². The van der Waals surface area contributed by atoms with Crippen molar-refractivity contribution in [3.05, 3.63) is 194 Å². The number of fused-ring (bicyclic) bond motifs is 5. The Balaban J connectivity index is 0.938. The molecule has 2 aromatic heterocycles. The molecule has 0 spiro atoms. The number of rotatable bonds is 6. The van der Waals surface area contributed by atoms with Crippen molar-refractivity contribution in [2.24, 2.45) is 0 Å². The molecule has 4 nitrogen and oxygen atoms in total. The van der Waals surface area contributed by atoms with Gasteiger partial charge in [-0.3, -0.25) is 0 Å². The first kappa shape index (κ1) is 30.6. The van der Waals surface area contributed by atoms with E-state index in [-0.39, 0.29) is 0 Å². The van der Waals surface area contributed by atoms with E-state index in [2.05, 4.69) is 138 Å². The predicted octanol–water partition coefficient (Wildman–Crippen LogP) is 12.5. The summed E-state index contributed by atoms with van der Waals surface area (Å²) in [5.74, 6) is 1.97. The van der Waals surface area contributed by atoms with Crippen molar-refractivity contribution in [2.75, 3.05) is 0 Å². The zero-order valence-electron chi connectivity index (χ0n) is 28.8. The first-order chi connectivity index (χ1) is 26.3. The molecule has 248 valence electrons. The summed E-state index contributed by atoms with van der Waals surface area (Å²) < 4.78 is 2.38. The van der Waals surface area contributed by atoms with Crippen LogP contribution in [0.2, 0.25) is 0 Å². The molecule has 0 saturated heterocycles. The van der Waals surface area contributed by atoms with Crippen molar-refractivity contribution in [2.45, 2.75) is 0 Å². The molecule has 10 rings (SSSR count). The van der Waals surface area contributed by atoms with Gasteiger partial charge in [0.05, 0.1) is 11.0 Å². The smallest absolute Gasteiger partial charge is 0.164 e. The van der Waals surface area contributed by atoms with Crippen LogP contribution in [0.1, 0.15) is 0 Å². The van der Waals surface area contributed by atoms with Crippen LogP contribution in [0.3, 0.4) is 0 Å².